The van der Waals surface area contributed by atoms with Crippen LogP contribution in [0.15, 0.2) is 0 Å². The van der Waals surface area contributed by atoms with Gasteiger partial charge in [0, 0.05) is 0 Å². The van der Waals surface area contributed by atoms with Crippen molar-refractivity contribution in [2.75, 3.05) is 0 Å². The van der Waals surface area contributed by atoms with Crippen LogP contribution >= 0.6 is 0 Å². The van der Waals surface area contributed by atoms with E-state index in [1.165, 1.54) is 6.42 Å². The van der Waals surface area contributed by atoms with Gasteiger partial charge < -0.3 is 9.47 Å². The molecule has 3 nitrogen and oxygen atoms in total. The van der Waals surface area contributed by atoms with E-state index in [9.17, 15) is 4.79 Å². The zero-order valence-electron chi connectivity index (χ0n) is 7.50. The molecule has 1 aliphatic heterocycles. The lowest BCUT2D eigenvalue weighted by Gasteiger charge is -2.25. The third-order valence-corrected chi connectivity index (χ3v) is 2.87. The Morgan fingerprint density at radius 1 is 1.58 bits per heavy atom. The average molecular weight is 170 g/mol. The maximum Gasteiger partial charge on any atom is 0.341 e. The fraction of sp³-hybridized carbons (Fsp3) is 0.889. The molecule has 2 rings (SSSR count). The van der Waals surface area contributed by atoms with Crippen molar-refractivity contribution in [3.8, 4) is 0 Å². The Morgan fingerprint density at radius 3 is 2.50 bits per heavy atom. The van der Waals surface area contributed by atoms with E-state index in [-0.39, 0.29) is 18.2 Å². The summed E-state index contributed by atoms with van der Waals surface area (Å²) in [5, 5.41) is 0. The molecule has 3 heteroatoms. The summed E-state index contributed by atoms with van der Waals surface area (Å²) < 4.78 is 10.4. The van der Waals surface area contributed by atoms with Crippen molar-refractivity contribution in [2.45, 2.75) is 50.9 Å². The van der Waals surface area contributed by atoms with Crippen molar-refractivity contribution in [1.82, 2.24) is 0 Å². The number of rotatable bonds is 2. The monoisotopic (exact) mass is 170 g/mol. The van der Waals surface area contributed by atoms with E-state index in [0.717, 1.165) is 12.8 Å². The summed E-state index contributed by atoms with van der Waals surface area (Å²) in [5.41, 5.74) is -0.629. The predicted molar refractivity (Wildman–Crippen MR) is 42.7 cm³/mol. The van der Waals surface area contributed by atoms with Gasteiger partial charge in [0.25, 0.3) is 0 Å². The number of carbonyl (C=O) groups excluding carboxylic acids is 1. The molecule has 2 atom stereocenters. The Hall–Kier alpha value is -0.570. The maximum atomic E-state index is 11.4. The van der Waals surface area contributed by atoms with Gasteiger partial charge in [-0.3, -0.25) is 0 Å². The van der Waals surface area contributed by atoms with E-state index in [1.807, 2.05) is 6.92 Å². The average Bonchev–Trinajstić information content (AvgIpc) is 2.52. The summed E-state index contributed by atoms with van der Waals surface area (Å²) in [5.74, 6) is -0.181. The summed E-state index contributed by atoms with van der Waals surface area (Å²) in [6, 6.07) is 0. The van der Waals surface area contributed by atoms with Crippen LogP contribution in [0.3, 0.4) is 0 Å². The van der Waals surface area contributed by atoms with Gasteiger partial charge in [0.05, 0.1) is 6.10 Å². The molecule has 2 unspecified atom stereocenters. The Morgan fingerprint density at radius 2 is 2.17 bits per heavy atom. The van der Waals surface area contributed by atoms with E-state index < -0.39 is 5.60 Å². The number of epoxide rings is 1. The molecule has 0 spiro atoms. The Bertz CT molecular complexity index is 210. The number of ether oxygens (including phenoxy) is 2. The second-order valence-corrected chi connectivity index (χ2v) is 3.83. The van der Waals surface area contributed by atoms with Crippen molar-refractivity contribution >= 4 is 5.97 Å². The van der Waals surface area contributed by atoms with Gasteiger partial charge in [-0.1, -0.05) is 0 Å². The van der Waals surface area contributed by atoms with E-state index in [1.54, 1.807) is 6.92 Å². The molecule has 1 saturated heterocycles. The third kappa shape index (κ3) is 1.12. The molecule has 68 valence electrons. The van der Waals surface area contributed by atoms with Crippen LogP contribution in [0.5, 0.6) is 0 Å². The van der Waals surface area contributed by atoms with Gasteiger partial charge in [0.1, 0.15) is 6.10 Å². The van der Waals surface area contributed by atoms with Gasteiger partial charge in [-0.15, -0.1) is 0 Å². The van der Waals surface area contributed by atoms with Crippen molar-refractivity contribution in [2.24, 2.45) is 0 Å². The second-order valence-electron chi connectivity index (χ2n) is 3.83. The zero-order valence-corrected chi connectivity index (χ0v) is 7.50. The fourth-order valence-corrected chi connectivity index (χ4v) is 1.30. The Labute approximate surface area is 72.0 Å². The zero-order chi connectivity index (χ0) is 8.77. The summed E-state index contributed by atoms with van der Waals surface area (Å²) in [6.07, 6.45) is 3.44. The fourth-order valence-electron chi connectivity index (χ4n) is 1.30. The first-order chi connectivity index (χ1) is 5.63. The molecule has 2 aliphatic rings. The highest BCUT2D eigenvalue weighted by atomic mass is 16.7. The number of esters is 1. The molecular weight excluding hydrogens is 156 g/mol. The molecule has 0 bridgehead atoms. The van der Waals surface area contributed by atoms with Crippen LogP contribution in [-0.2, 0) is 14.3 Å². The molecular formula is C9H14O3. The maximum absolute atomic E-state index is 11.4. The van der Waals surface area contributed by atoms with Gasteiger partial charge >= 0.3 is 5.97 Å². The van der Waals surface area contributed by atoms with E-state index in [2.05, 4.69) is 0 Å². The lowest BCUT2D eigenvalue weighted by Crippen LogP contribution is -2.33. The van der Waals surface area contributed by atoms with Crippen LogP contribution in [0.2, 0.25) is 0 Å². The van der Waals surface area contributed by atoms with Gasteiger partial charge in [-0.25, -0.2) is 4.79 Å². The largest absolute Gasteiger partial charge is 0.460 e. The minimum atomic E-state index is -0.629. The molecule has 0 aromatic carbocycles. The standard InChI is InChI=1S/C9H14O3/c1-6-9(2,12-6)8(10)11-7-4-3-5-7/h6-7H,3-5H2,1-2H3. The summed E-state index contributed by atoms with van der Waals surface area (Å²) >= 11 is 0. The van der Waals surface area contributed by atoms with Crippen LogP contribution in [0.1, 0.15) is 33.1 Å². The highest BCUT2D eigenvalue weighted by Crippen LogP contribution is 2.38. The van der Waals surface area contributed by atoms with Crippen LogP contribution in [-0.4, -0.2) is 23.8 Å². The number of hydrogen-bond acceptors (Lipinski definition) is 3. The van der Waals surface area contributed by atoms with Crippen molar-refractivity contribution in [1.29, 1.82) is 0 Å². The number of carbonyl (C=O) groups is 1. The molecule has 0 radical (unpaired) electrons. The van der Waals surface area contributed by atoms with Crippen LogP contribution in [0.25, 0.3) is 0 Å². The van der Waals surface area contributed by atoms with Crippen LogP contribution < -0.4 is 0 Å². The molecule has 12 heavy (non-hydrogen) atoms. The first-order valence-electron chi connectivity index (χ1n) is 4.52. The molecule has 0 aromatic rings. The smallest absolute Gasteiger partial charge is 0.341 e. The first-order valence-corrected chi connectivity index (χ1v) is 4.52. The van der Waals surface area contributed by atoms with Crippen molar-refractivity contribution in [3.05, 3.63) is 0 Å². The van der Waals surface area contributed by atoms with Gasteiger partial charge in [0.15, 0.2) is 5.60 Å². The minimum Gasteiger partial charge on any atom is -0.460 e. The topological polar surface area (TPSA) is 38.8 Å². The molecule has 0 aromatic heterocycles. The van der Waals surface area contributed by atoms with Crippen LogP contribution in [0.4, 0.5) is 0 Å². The molecule has 0 amide bonds. The summed E-state index contributed by atoms with van der Waals surface area (Å²) in [4.78, 5) is 11.4. The molecule has 1 heterocycles. The number of hydrogen-bond donors (Lipinski definition) is 0. The lowest BCUT2D eigenvalue weighted by molar-refractivity contribution is -0.158. The van der Waals surface area contributed by atoms with Gasteiger partial charge in [-0.05, 0) is 33.1 Å². The molecule has 1 saturated carbocycles. The van der Waals surface area contributed by atoms with Crippen molar-refractivity contribution < 1.29 is 14.3 Å². The van der Waals surface area contributed by atoms with E-state index >= 15 is 0 Å². The third-order valence-electron chi connectivity index (χ3n) is 2.87. The Balaban J connectivity index is 1.84. The Kier molecular flexibility index (Phi) is 1.65. The summed E-state index contributed by atoms with van der Waals surface area (Å²) in [6.45, 7) is 3.68. The highest BCUT2D eigenvalue weighted by molar-refractivity contribution is 5.82. The molecule has 0 N–H and O–H groups in total. The predicted octanol–water partition coefficient (Wildman–Crippen LogP) is 1.26. The first kappa shape index (κ1) is 8.05. The van der Waals surface area contributed by atoms with Gasteiger partial charge in [0.2, 0.25) is 0 Å². The van der Waals surface area contributed by atoms with Crippen molar-refractivity contribution in [3.63, 3.8) is 0 Å². The summed E-state index contributed by atoms with van der Waals surface area (Å²) in [7, 11) is 0. The van der Waals surface area contributed by atoms with Crippen LogP contribution in [0, 0.1) is 0 Å². The molecule has 2 fully saturated rings. The minimum absolute atomic E-state index is 0.0325. The normalized spacial score (nSPS) is 40.3. The SMILES string of the molecule is CC1OC1(C)C(=O)OC1CCC1. The quantitative estimate of drug-likeness (QED) is 0.462. The lowest BCUT2D eigenvalue weighted by atomic mass is 9.96. The van der Waals surface area contributed by atoms with E-state index in [4.69, 9.17) is 9.47 Å². The molecule has 1 aliphatic carbocycles. The highest BCUT2D eigenvalue weighted by Gasteiger charge is 2.57. The van der Waals surface area contributed by atoms with Gasteiger partial charge in [-0.2, -0.15) is 0 Å². The second kappa shape index (κ2) is 2.46. The van der Waals surface area contributed by atoms with E-state index in [0.29, 0.717) is 0 Å².